The van der Waals surface area contributed by atoms with Crippen molar-refractivity contribution in [3.8, 4) is 11.5 Å². The summed E-state index contributed by atoms with van der Waals surface area (Å²) in [5.74, 6) is 0.572. The largest absolute Gasteiger partial charge is 0.486 e. The number of nitrogens with one attached hydrogen (secondary N) is 1. The summed E-state index contributed by atoms with van der Waals surface area (Å²) in [5.41, 5.74) is 1.70. The maximum Gasteiger partial charge on any atom is 0.255 e. The van der Waals surface area contributed by atoms with Crippen LogP contribution in [0, 0.1) is 0 Å². The zero-order chi connectivity index (χ0) is 20.4. The van der Waals surface area contributed by atoms with E-state index in [0.717, 1.165) is 31.5 Å². The first-order valence-corrected chi connectivity index (χ1v) is 10.2. The van der Waals surface area contributed by atoms with Crippen LogP contribution in [-0.2, 0) is 4.79 Å². The quantitative estimate of drug-likeness (QED) is 0.818. The van der Waals surface area contributed by atoms with Crippen molar-refractivity contribution >= 4 is 29.1 Å². The molecule has 0 aromatic heterocycles. The molecule has 1 fully saturated rings. The molecule has 4 rings (SSSR count). The van der Waals surface area contributed by atoms with Crippen LogP contribution >= 0.6 is 11.6 Å². The number of hydrogen-bond acceptors (Lipinski definition) is 4. The first-order chi connectivity index (χ1) is 14.0. The Labute approximate surface area is 174 Å². The van der Waals surface area contributed by atoms with Crippen LogP contribution in [-0.4, -0.2) is 43.0 Å². The van der Waals surface area contributed by atoms with Crippen LogP contribution in [0.2, 0.25) is 5.02 Å². The summed E-state index contributed by atoms with van der Waals surface area (Å²) >= 11 is 6.13. The summed E-state index contributed by atoms with van der Waals surface area (Å²) in [6, 6.07) is 10.5. The topological polar surface area (TPSA) is 67.9 Å². The standard InChI is InChI=1S/C22H23ClN2O4/c1-14(15-4-7-19-20(12-15)29-11-10-28-19)21(26)24-18-13-16(23)5-6-17(18)22(27)25-8-2-3-9-25/h4-7,12-14H,2-3,8-11H2,1H3,(H,24,26). The third-order valence-electron chi connectivity index (χ3n) is 5.32. The van der Waals surface area contributed by atoms with Crippen LogP contribution in [0.1, 0.15) is 41.6 Å². The molecule has 6 nitrogen and oxygen atoms in total. The third-order valence-corrected chi connectivity index (χ3v) is 5.56. The van der Waals surface area contributed by atoms with Crippen molar-refractivity contribution in [1.82, 2.24) is 4.90 Å². The minimum Gasteiger partial charge on any atom is -0.486 e. The highest BCUT2D eigenvalue weighted by Gasteiger charge is 2.25. The lowest BCUT2D eigenvalue weighted by molar-refractivity contribution is -0.117. The third kappa shape index (κ3) is 4.17. The molecule has 2 amide bonds. The fraction of sp³-hybridized carbons (Fsp3) is 0.364. The minimum absolute atomic E-state index is 0.0820. The number of rotatable bonds is 4. The Bertz CT molecular complexity index is 940. The number of hydrogen-bond donors (Lipinski definition) is 1. The van der Waals surface area contributed by atoms with E-state index in [1.54, 1.807) is 18.2 Å². The van der Waals surface area contributed by atoms with Crippen molar-refractivity contribution in [3.63, 3.8) is 0 Å². The van der Waals surface area contributed by atoms with Crippen molar-refractivity contribution in [3.05, 3.63) is 52.5 Å². The van der Waals surface area contributed by atoms with Gasteiger partial charge in [0.05, 0.1) is 17.2 Å². The molecule has 1 unspecified atom stereocenters. The summed E-state index contributed by atoms with van der Waals surface area (Å²) < 4.78 is 11.1. The molecule has 1 atom stereocenters. The van der Waals surface area contributed by atoms with Crippen LogP contribution in [0.15, 0.2) is 36.4 Å². The molecule has 0 aliphatic carbocycles. The second kappa shape index (κ2) is 8.33. The molecule has 2 aromatic rings. The first-order valence-electron chi connectivity index (χ1n) is 9.82. The molecule has 152 valence electrons. The maximum absolute atomic E-state index is 12.9. The van der Waals surface area contributed by atoms with Gasteiger partial charge in [-0.25, -0.2) is 0 Å². The van der Waals surface area contributed by atoms with Crippen LogP contribution in [0.3, 0.4) is 0 Å². The lowest BCUT2D eigenvalue weighted by Gasteiger charge is -2.21. The van der Waals surface area contributed by atoms with Gasteiger partial charge >= 0.3 is 0 Å². The predicted octanol–water partition coefficient (Wildman–Crippen LogP) is 4.09. The van der Waals surface area contributed by atoms with Gasteiger partial charge in [-0.05, 0) is 55.7 Å². The lowest BCUT2D eigenvalue weighted by Crippen LogP contribution is -2.29. The molecule has 0 bridgehead atoms. The van der Waals surface area contributed by atoms with Gasteiger partial charge in [0.25, 0.3) is 5.91 Å². The second-order valence-corrected chi connectivity index (χ2v) is 7.74. The van der Waals surface area contributed by atoms with Crippen LogP contribution in [0.4, 0.5) is 5.69 Å². The van der Waals surface area contributed by atoms with E-state index in [1.165, 1.54) is 0 Å². The molecule has 2 aromatic carbocycles. The van der Waals surface area contributed by atoms with E-state index in [4.69, 9.17) is 21.1 Å². The molecule has 0 spiro atoms. The fourth-order valence-corrected chi connectivity index (χ4v) is 3.79. The Morgan fingerprint density at radius 1 is 1.03 bits per heavy atom. The number of halogens is 1. The molecule has 0 radical (unpaired) electrons. The van der Waals surface area contributed by atoms with Gasteiger partial charge in [0.15, 0.2) is 11.5 Å². The molecule has 0 saturated carbocycles. The molecule has 7 heteroatoms. The van der Waals surface area contributed by atoms with Gasteiger partial charge in [0.1, 0.15) is 13.2 Å². The first kappa shape index (κ1) is 19.6. The summed E-state index contributed by atoms with van der Waals surface area (Å²) in [7, 11) is 0. The smallest absolute Gasteiger partial charge is 0.255 e. The fourth-order valence-electron chi connectivity index (χ4n) is 3.62. The molecular formula is C22H23ClN2O4. The summed E-state index contributed by atoms with van der Waals surface area (Å²) in [4.78, 5) is 27.6. The highest BCUT2D eigenvalue weighted by molar-refractivity contribution is 6.31. The summed E-state index contributed by atoms with van der Waals surface area (Å²) in [5, 5.41) is 3.35. The Morgan fingerprint density at radius 2 is 1.76 bits per heavy atom. The normalized spacial score (nSPS) is 16.4. The van der Waals surface area contributed by atoms with Gasteiger partial charge in [0, 0.05) is 18.1 Å². The molecule has 1 saturated heterocycles. The minimum atomic E-state index is -0.445. The van der Waals surface area contributed by atoms with Crippen molar-refractivity contribution in [2.75, 3.05) is 31.6 Å². The molecule has 29 heavy (non-hydrogen) atoms. The van der Waals surface area contributed by atoms with Crippen LogP contribution in [0.5, 0.6) is 11.5 Å². The SMILES string of the molecule is CC(C(=O)Nc1cc(Cl)ccc1C(=O)N1CCCC1)c1ccc2c(c1)OCCO2. The summed E-state index contributed by atoms with van der Waals surface area (Å²) in [6.07, 6.45) is 2.00. The molecule has 2 heterocycles. The highest BCUT2D eigenvalue weighted by atomic mass is 35.5. The lowest BCUT2D eigenvalue weighted by atomic mass is 9.99. The van der Waals surface area contributed by atoms with E-state index in [0.29, 0.717) is 41.0 Å². The molecule has 2 aliphatic rings. The van der Waals surface area contributed by atoms with Gasteiger partial charge in [0.2, 0.25) is 5.91 Å². The van der Waals surface area contributed by atoms with Gasteiger partial charge in [-0.3, -0.25) is 9.59 Å². The van der Waals surface area contributed by atoms with E-state index in [2.05, 4.69) is 5.32 Å². The van der Waals surface area contributed by atoms with Crippen molar-refractivity contribution < 1.29 is 19.1 Å². The number of anilines is 1. The highest BCUT2D eigenvalue weighted by Crippen LogP contribution is 2.34. The molecular weight excluding hydrogens is 392 g/mol. The number of nitrogens with zero attached hydrogens (tertiary/aromatic N) is 1. The van der Waals surface area contributed by atoms with E-state index in [1.807, 2.05) is 30.0 Å². The number of amides is 2. The second-order valence-electron chi connectivity index (χ2n) is 7.30. The van der Waals surface area contributed by atoms with Gasteiger partial charge in [-0.1, -0.05) is 17.7 Å². The number of ether oxygens (including phenoxy) is 2. The van der Waals surface area contributed by atoms with Gasteiger partial charge in [-0.2, -0.15) is 0 Å². The van der Waals surface area contributed by atoms with Crippen molar-refractivity contribution in [2.24, 2.45) is 0 Å². The number of fused-ring (bicyclic) bond motifs is 1. The van der Waals surface area contributed by atoms with E-state index < -0.39 is 5.92 Å². The van der Waals surface area contributed by atoms with E-state index in [9.17, 15) is 9.59 Å². The van der Waals surface area contributed by atoms with Crippen molar-refractivity contribution in [1.29, 1.82) is 0 Å². The number of benzene rings is 2. The van der Waals surface area contributed by atoms with Crippen LogP contribution < -0.4 is 14.8 Å². The Morgan fingerprint density at radius 3 is 2.52 bits per heavy atom. The zero-order valence-electron chi connectivity index (χ0n) is 16.2. The zero-order valence-corrected chi connectivity index (χ0v) is 17.0. The average molecular weight is 415 g/mol. The predicted molar refractivity (Wildman–Crippen MR) is 111 cm³/mol. The van der Waals surface area contributed by atoms with Crippen molar-refractivity contribution in [2.45, 2.75) is 25.7 Å². The number of carbonyl (C=O) groups excluding carboxylic acids is 2. The Hall–Kier alpha value is -2.73. The summed E-state index contributed by atoms with van der Waals surface area (Å²) in [6.45, 7) is 4.30. The monoisotopic (exact) mass is 414 g/mol. The maximum atomic E-state index is 12.9. The Balaban J connectivity index is 1.54. The van der Waals surface area contributed by atoms with E-state index >= 15 is 0 Å². The molecule has 2 aliphatic heterocycles. The van der Waals surface area contributed by atoms with Crippen LogP contribution in [0.25, 0.3) is 0 Å². The Kier molecular flexibility index (Phi) is 5.62. The number of carbonyl (C=O) groups is 2. The van der Waals surface area contributed by atoms with Gasteiger partial charge in [-0.15, -0.1) is 0 Å². The molecule has 1 N–H and O–H groups in total. The van der Waals surface area contributed by atoms with Gasteiger partial charge < -0.3 is 19.7 Å². The number of likely N-dealkylation sites (tertiary alicyclic amines) is 1. The average Bonchev–Trinajstić information content (AvgIpc) is 3.27. The van der Waals surface area contributed by atoms with E-state index in [-0.39, 0.29) is 11.8 Å².